The number of thioether (sulfide) groups is 1. The molecule has 0 aliphatic heterocycles. The van der Waals surface area contributed by atoms with Crippen LogP contribution < -0.4 is 10.3 Å². The number of ether oxygens (including phenoxy) is 1. The second kappa shape index (κ2) is 15.9. The highest BCUT2D eigenvalue weighted by molar-refractivity contribution is 7.98. The fourth-order valence-corrected chi connectivity index (χ4v) is 5.21. The standard InChI is InChI=1S/C18H17FN4O2S.C15H13ClFNO/c1-23-10-14(7-13-8-20-17(25-2)21-9-13)16(24)22-18(23)26-11-12-3-5-15(19)6-4-12;1-18(10-19)9-11-2-4-12(5-3-11)14-7-6-13(16)8-15(14)17/h3-6,8-10H,7,11H2,1-2H3;2-8,10H,9H2,1H3. The van der Waals surface area contributed by atoms with Gasteiger partial charge in [0.05, 0.1) is 7.11 Å². The topological polar surface area (TPSA) is 90.2 Å². The Bertz CT molecular complexity index is 1790. The molecule has 0 N–H and O–H groups in total. The molecule has 5 aromatic rings. The molecule has 0 bridgehead atoms. The summed E-state index contributed by atoms with van der Waals surface area (Å²) in [5.74, 6) is -0.00642. The van der Waals surface area contributed by atoms with Gasteiger partial charge >= 0.3 is 6.01 Å². The lowest BCUT2D eigenvalue weighted by molar-refractivity contribution is -0.117. The zero-order valence-corrected chi connectivity index (χ0v) is 26.4. The minimum absolute atomic E-state index is 0.267. The molecule has 8 nitrogen and oxygen atoms in total. The van der Waals surface area contributed by atoms with Gasteiger partial charge in [0.1, 0.15) is 11.6 Å². The molecule has 232 valence electrons. The van der Waals surface area contributed by atoms with Crippen molar-refractivity contribution in [2.24, 2.45) is 7.05 Å². The van der Waals surface area contributed by atoms with Gasteiger partial charge in [0.2, 0.25) is 6.41 Å². The molecule has 1 amide bonds. The average Bonchev–Trinajstić information content (AvgIpc) is 3.04. The third-order valence-corrected chi connectivity index (χ3v) is 7.82. The van der Waals surface area contributed by atoms with Crippen LogP contribution in [0.25, 0.3) is 11.1 Å². The summed E-state index contributed by atoms with van der Waals surface area (Å²) in [6.45, 7) is 0.535. The lowest BCUT2D eigenvalue weighted by atomic mass is 10.0. The van der Waals surface area contributed by atoms with Crippen molar-refractivity contribution in [2.75, 3.05) is 14.2 Å². The van der Waals surface area contributed by atoms with E-state index >= 15 is 0 Å². The van der Waals surface area contributed by atoms with Crippen LogP contribution >= 0.6 is 23.4 Å². The van der Waals surface area contributed by atoms with Crippen molar-refractivity contribution in [1.29, 1.82) is 0 Å². The molecule has 0 saturated carbocycles. The summed E-state index contributed by atoms with van der Waals surface area (Å²) < 4.78 is 33.5. The number of rotatable bonds is 10. The SMILES string of the molecule is CN(C=O)Cc1ccc(-c2ccc(Cl)cc2F)cc1.COc1ncc(Cc2cn(C)c(SCc3ccc(F)cc3)nc2=O)cn1. The summed E-state index contributed by atoms with van der Waals surface area (Å²) in [7, 11) is 5.05. The first-order valence-corrected chi connectivity index (χ1v) is 15.0. The van der Waals surface area contributed by atoms with E-state index in [-0.39, 0.29) is 23.2 Å². The van der Waals surface area contributed by atoms with Crippen molar-refractivity contribution < 1.29 is 18.3 Å². The molecule has 2 heterocycles. The van der Waals surface area contributed by atoms with E-state index in [2.05, 4.69) is 15.0 Å². The Labute approximate surface area is 268 Å². The molecule has 5 rings (SSSR count). The van der Waals surface area contributed by atoms with Crippen LogP contribution in [0.5, 0.6) is 6.01 Å². The molecular formula is C33H30ClF2N5O3S. The first kappa shape index (κ1) is 33.3. The molecule has 2 aromatic heterocycles. The van der Waals surface area contributed by atoms with Crippen molar-refractivity contribution in [3.05, 3.63) is 135 Å². The van der Waals surface area contributed by atoms with E-state index in [0.29, 0.717) is 40.0 Å². The van der Waals surface area contributed by atoms with Gasteiger partial charge in [-0.05, 0) is 52.6 Å². The number of aromatic nitrogens is 4. The Morgan fingerprint density at radius 2 is 1.64 bits per heavy atom. The van der Waals surface area contributed by atoms with Gasteiger partial charge in [-0.2, -0.15) is 4.98 Å². The normalized spacial score (nSPS) is 10.5. The monoisotopic (exact) mass is 649 g/mol. The highest BCUT2D eigenvalue weighted by atomic mass is 35.5. The van der Waals surface area contributed by atoms with Crippen LogP contribution in [-0.2, 0) is 30.6 Å². The Kier molecular flexibility index (Phi) is 11.8. The van der Waals surface area contributed by atoms with E-state index in [1.165, 1.54) is 42.0 Å². The molecule has 0 aliphatic rings. The number of carbonyl (C=O) groups is 1. The Hall–Kier alpha value is -4.61. The Morgan fingerprint density at radius 3 is 2.27 bits per heavy atom. The number of amides is 1. The predicted molar refractivity (Wildman–Crippen MR) is 171 cm³/mol. The van der Waals surface area contributed by atoms with E-state index in [1.54, 1.807) is 49.9 Å². The molecule has 0 radical (unpaired) electrons. The van der Waals surface area contributed by atoms with Gasteiger partial charge in [0.15, 0.2) is 5.16 Å². The first-order chi connectivity index (χ1) is 21.6. The van der Waals surface area contributed by atoms with Crippen molar-refractivity contribution in [3.63, 3.8) is 0 Å². The fraction of sp³-hybridized carbons (Fsp3) is 0.182. The molecule has 3 aromatic carbocycles. The lowest BCUT2D eigenvalue weighted by Gasteiger charge is -2.11. The van der Waals surface area contributed by atoms with Gasteiger partial charge in [-0.25, -0.2) is 18.7 Å². The van der Waals surface area contributed by atoms with Gasteiger partial charge < -0.3 is 14.2 Å². The molecule has 0 spiro atoms. The maximum Gasteiger partial charge on any atom is 0.316 e. The highest BCUT2D eigenvalue weighted by Crippen LogP contribution is 2.26. The predicted octanol–water partition coefficient (Wildman–Crippen LogP) is 6.34. The van der Waals surface area contributed by atoms with Crippen molar-refractivity contribution in [2.45, 2.75) is 23.9 Å². The second-order valence-electron chi connectivity index (χ2n) is 9.98. The Morgan fingerprint density at radius 1 is 0.978 bits per heavy atom. The zero-order valence-electron chi connectivity index (χ0n) is 24.8. The lowest BCUT2D eigenvalue weighted by Crippen LogP contribution is -2.18. The second-order valence-corrected chi connectivity index (χ2v) is 11.4. The summed E-state index contributed by atoms with van der Waals surface area (Å²) in [5.41, 5.74) is 4.34. The molecule has 0 fully saturated rings. The number of carbonyl (C=O) groups excluding carboxylic acids is 1. The zero-order chi connectivity index (χ0) is 32.3. The molecule has 0 aliphatic carbocycles. The van der Waals surface area contributed by atoms with Gasteiger partial charge in [0.25, 0.3) is 5.56 Å². The maximum absolute atomic E-state index is 13.8. The number of nitrogens with zero attached hydrogens (tertiary/aromatic N) is 5. The molecule has 12 heteroatoms. The van der Waals surface area contributed by atoms with Crippen LogP contribution in [0.4, 0.5) is 8.78 Å². The average molecular weight is 650 g/mol. The number of methoxy groups -OCH3 is 1. The summed E-state index contributed by atoms with van der Waals surface area (Å²) in [6, 6.07) is 18.6. The number of aryl methyl sites for hydroxylation is 1. The summed E-state index contributed by atoms with van der Waals surface area (Å²) in [4.78, 5) is 36.6. The minimum Gasteiger partial charge on any atom is -0.467 e. The fourth-order valence-electron chi connectivity index (χ4n) is 4.16. The third kappa shape index (κ3) is 9.69. The maximum atomic E-state index is 13.8. The molecule has 45 heavy (non-hydrogen) atoms. The van der Waals surface area contributed by atoms with Crippen molar-refractivity contribution >= 4 is 29.8 Å². The van der Waals surface area contributed by atoms with E-state index < -0.39 is 0 Å². The van der Waals surface area contributed by atoms with Gasteiger partial charge in [-0.3, -0.25) is 9.59 Å². The van der Waals surface area contributed by atoms with Crippen molar-refractivity contribution in [3.8, 4) is 17.1 Å². The van der Waals surface area contributed by atoms with Crippen LogP contribution in [0.3, 0.4) is 0 Å². The molecule has 0 unspecified atom stereocenters. The minimum atomic E-state index is -0.342. The van der Waals surface area contributed by atoms with Crippen molar-refractivity contribution in [1.82, 2.24) is 24.4 Å². The van der Waals surface area contributed by atoms with Crippen LogP contribution in [0, 0.1) is 11.6 Å². The van der Waals surface area contributed by atoms with Gasteiger partial charge in [0, 0.05) is 67.6 Å². The third-order valence-electron chi connectivity index (χ3n) is 6.47. The Balaban J connectivity index is 0.000000215. The number of hydrogen-bond donors (Lipinski definition) is 0. The van der Waals surface area contributed by atoms with E-state index in [9.17, 15) is 18.4 Å². The first-order valence-electron chi connectivity index (χ1n) is 13.6. The largest absolute Gasteiger partial charge is 0.467 e. The quantitative estimate of drug-likeness (QED) is 0.0992. The van der Waals surface area contributed by atoms with E-state index in [0.717, 1.165) is 28.7 Å². The number of hydrogen-bond acceptors (Lipinski definition) is 7. The van der Waals surface area contributed by atoms with Crippen LogP contribution in [-0.4, -0.2) is 45.0 Å². The van der Waals surface area contributed by atoms with Gasteiger partial charge in [-0.1, -0.05) is 59.8 Å². The molecular weight excluding hydrogens is 620 g/mol. The van der Waals surface area contributed by atoms with Crippen LogP contribution in [0.2, 0.25) is 5.02 Å². The van der Waals surface area contributed by atoms with Gasteiger partial charge in [-0.15, -0.1) is 0 Å². The number of halogens is 3. The smallest absolute Gasteiger partial charge is 0.316 e. The number of benzene rings is 3. The molecule has 0 saturated heterocycles. The highest BCUT2D eigenvalue weighted by Gasteiger charge is 2.10. The van der Waals surface area contributed by atoms with Crippen LogP contribution in [0.1, 0.15) is 22.3 Å². The molecule has 0 atom stereocenters. The van der Waals surface area contributed by atoms with Crippen LogP contribution in [0.15, 0.2) is 95.3 Å². The summed E-state index contributed by atoms with van der Waals surface area (Å²) in [6.07, 6.45) is 6.19. The van der Waals surface area contributed by atoms with E-state index in [4.69, 9.17) is 16.3 Å². The summed E-state index contributed by atoms with van der Waals surface area (Å²) >= 11 is 7.15. The van der Waals surface area contributed by atoms with E-state index in [1.807, 2.05) is 35.9 Å². The summed E-state index contributed by atoms with van der Waals surface area (Å²) in [5, 5.41) is 0.986.